The van der Waals surface area contributed by atoms with Crippen molar-refractivity contribution in [1.82, 2.24) is 9.62 Å². The number of nitrogens with one attached hydrogen (secondary N) is 1. The van der Waals surface area contributed by atoms with Crippen molar-refractivity contribution in [3.05, 3.63) is 60.2 Å². The maximum absolute atomic E-state index is 12.9. The van der Waals surface area contributed by atoms with Gasteiger partial charge in [-0.15, -0.1) is 0 Å². The van der Waals surface area contributed by atoms with E-state index in [-0.39, 0.29) is 18.0 Å². The zero-order chi connectivity index (χ0) is 20.9. The highest BCUT2D eigenvalue weighted by Crippen LogP contribution is 2.24. The summed E-state index contributed by atoms with van der Waals surface area (Å²) in [7, 11) is -3.94. The van der Waals surface area contributed by atoms with E-state index in [0.717, 1.165) is 9.87 Å². The standard InChI is InChI=1S/C21H22N2O5S/c1-16-20(21(24)25)23(14-13-22-16)29(26,27)19-11-9-18(10-12-19)28-15-5-8-17-6-3-2-4-7-17/h2-4,6-7,9-12,16,20,22H,13-15H2,1H3,(H,24,25). The quantitative estimate of drug-likeness (QED) is 0.721. The second-order valence-corrected chi connectivity index (χ2v) is 8.46. The van der Waals surface area contributed by atoms with Crippen molar-refractivity contribution < 1.29 is 23.1 Å². The molecule has 0 radical (unpaired) electrons. The second kappa shape index (κ2) is 9.09. The summed E-state index contributed by atoms with van der Waals surface area (Å²) in [6.07, 6.45) is 0. The number of rotatable bonds is 5. The van der Waals surface area contributed by atoms with E-state index < -0.39 is 28.1 Å². The van der Waals surface area contributed by atoms with Crippen LogP contribution in [0, 0.1) is 11.8 Å². The van der Waals surface area contributed by atoms with E-state index in [1.54, 1.807) is 19.1 Å². The van der Waals surface area contributed by atoms with E-state index in [4.69, 9.17) is 4.74 Å². The number of ether oxygens (including phenoxy) is 1. The first-order chi connectivity index (χ1) is 13.9. The van der Waals surface area contributed by atoms with Crippen LogP contribution in [0.5, 0.6) is 5.75 Å². The summed E-state index contributed by atoms with van der Waals surface area (Å²) in [4.78, 5) is 11.6. The molecule has 0 amide bonds. The van der Waals surface area contributed by atoms with Crippen molar-refractivity contribution in [3.63, 3.8) is 0 Å². The zero-order valence-corrected chi connectivity index (χ0v) is 16.7. The van der Waals surface area contributed by atoms with Crippen LogP contribution in [0.2, 0.25) is 0 Å². The van der Waals surface area contributed by atoms with Crippen molar-refractivity contribution in [2.24, 2.45) is 0 Å². The molecule has 2 unspecified atom stereocenters. The molecule has 1 aliphatic rings. The van der Waals surface area contributed by atoms with E-state index in [1.165, 1.54) is 12.1 Å². The first-order valence-electron chi connectivity index (χ1n) is 9.14. The Morgan fingerprint density at radius 1 is 1.21 bits per heavy atom. The van der Waals surface area contributed by atoms with Gasteiger partial charge in [0, 0.05) is 24.7 Å². The Hall–Kier alpha value is -2.86. The summed E-state index contributed by atoms with van der Waals surface area (Å²) in [5.41, 5.74) is 0.885. The zero-order valence-electron chi connectivity index (χ0n) is 15.9. The third kappa shape index (κ3) is 4.95. The largest absolute Gasteiger partial charge is 0.481 e. The molecule has 1 fully saturated rings. The molecule has 2 atom stereocenters. The number of nitrogens with zero attached hydrogens (tertiary/aromatic N) is 1. The minimum atomic E-state index is -3.94. The summed E-state index contributed by atoms with van der Waals surface area (Å²) >= 11 is 0. The first kappa shape index (κ1) is 20.9. The lowest BCUT2D eigenvalue weighted by atomic mass is 10.1. The number of carboxylic acids is 1. The van der Waals surface area contributed by atoms with Crippen LogP contribution in [-0.2, 0) is 14.8 Å². The van der Waals surface area contributed by atoms with Crippen molar-refractivity contribution in [3.8, 4) is 17.6 Å². The molecule has 0 spiro atoms. The van der Waals surface area contributed by atoms with Gasteiger partial charge in [-0.1, -0.05) is 30.0 Å². The van der Waals surface area contributed by atoms with Crippen molar-refractivity contribution in [1.29, 1.82) is 0 Å². The van der Waals surface area contributed by atoms with E-state index in [2.05, 4.69) is 17.2 Å². The van der Waals surface area contributed by atoms with Gasteiger partial charge < -0.3 is 15.2 Å². The van der Waals surface area contributed by atoms with E-state index >= 15 is 0 Å². The molecule has 29 heavy (non-hydrogen) atoms. The fourth-order valence-corrected chi connectivity index (χ4v) is 4.79. The fraction of sp³-hybridized carbons (Fsp3) is 0.286. The molecule has 0 aliphatic carbocycles. The van der Waals surface area contributed by atoms with Crippen molar-refractivity contribution in [2.45, 2.75) is 23.9 Å². The van der Waals surface area contributed by atoms with Gasteiger partial charge in [-0.25, -0.2) is 8.42 Å². The highest BCUT2D eigenvalue weighted by Gasteiger charge is 2.41. The van der Waals surface area contributed by atoms with Crippen LogP contribution in [0.25, 0.3) is 0 Å². The number of hydrogen-bond acceptors (Lipinski definition) is 5. The molecule has 2 N–H and O–H groups in total. The molecule has 2 aromatic carbocycles. The van der Waals surface area contributed by atoms with Crippen molar-refractivity contribution >= 4 is 16.0 Å². The Labute approximate surface area is 170 Å². The van der Waals surface area contributed by atoms with Crippen LogP contribution in [0.3, 0.4) is 0 Å². The molecule has 152 valence electrons. The van der Waals surface area contributed by atoms with Gasteiger partial charge in [-0.05, 0) is 43.3 Å². The van der Waals surface area contributed by atoms with E-state index in [1.807, 2.05) is 30.3 Å². The predicted molar refractivity (Wildman–Crippen MR) is 108 cm³/mol. The molecular formula is C21H22N2O5S. The van der Waals surface area contributed by atoms with Crippen LogP contribution in [-0.4, -0.2) is 55.6 Å². The lowest BCUT2D eigenvalue weighted by Crippen LogP contribution is -2.61. The molecule has 1 heterocycles. The smallest absolute Gasteiger partial charge is 0.323 e. The Bertz CT molecular complexity index is 1010. The molecule has 2 aromatic rings. The average molecular weight is 414 g/mol. The maximum Gasteiger partial charge on any atom is 0.323 e. The molecule has 0 bridgehead atoms. The molecule has 8 heteroatoms. The fourth-order valence-electron chi connectivity index (χ4n) is 3.13. The first-order valence-corrected chi connectivity index (χ1v) is 10.6. The summed E-state index contributed by atoms with van der Waals surface area (Å²) < 4.78 is 32.5. The number of aliphatic carboxylic acids is 1. The summed E-state index contributed by atoms with van der Waals surface area (Å²) in [6.45, 7) is 2.31. The number of hydrogen-bond donors (Lipinski definition) is 2. The molecule has 3 rings (SSSR count). The Kier molecular flexibility index (Phi) is 6.54. The average Bonchev–Trinajstić information content (AvgIpc) is 2.72. The molecule has 7 nitrogen and oxygen atoms in total. The van der Waals surface area contributed by atoms with Crippen LogP contribution in [0.4, 0.5) is 0 Å². The molecule has 1 saturated heterocycles. The number of sulfonamides is 1. The summed E-state index contributed by atoms with van der Waals surface area (Å²) in [5, 5.41) is 12.5. The van der Waals surface area contributed by atoms with Gasteiger partial charge in [0.2, 0.25) is 10.0 Å². The van der Waals surface area contributed by atoms with Crippen LogP contribution < -0.4 is 10.1 Å². The number of carbonyl (C=O) groups is 1. The minimum Gasteiger partial charge on any atom is -0.481 e. The SMILES string of the molecule is CC1NCCN(S(=O)(=O)c2ccc(OCC#Cc3ccccc3)cc2)C1C(=O)O. The van der Waals surface area contributed by atoms with Crippen molar-refractivity contribution in [2.75, 3.05) is 19.7 Å². The monoisotopic (exact) mass is 414 g/mol. The van der Waals surface area contributed by atoms with Gasteiger partial charge in [-0.3, -0.25) is 4.79 Å². The third-order valence-electron chi connectivity index (χ3n) is 4.58. The van der Waals surface area contributed by atoms with Gasteiger partial charge >= 0.3 is 5.97 Å². The predicted octanol–water partition coefficient (Wildman–Crippen LogP) is 1.55. The van der Waals surface area contributed by atoms with Gasteiger partial charge in [0.15, 0.2) is 0 Å². The molecule has 0 aromatic heterocycles. The minimum absolute atomic E-state index is 0.0283. The molecular weight excluding hydrogens is 392 g/mol. The molecule has 1 aliphatic heterocycles. The normalized spacial score (nSPS) is 19.8. The highest BCUT2D eigenvalue weighted by molar-refractivity contribution is 7.89. The Morgan fingerprint density at radius 3 is 2.55 bits per heavy atom. The van der Waals surface area contributed by atoms with Gasteiger partial charge in [-0.2, -0.15) is 4.31 Å². The lowest BCUT2D eigenvalue weighted by Gasteiger charge is -2.36. The summed E-state index contributed by atoms with van der Waals surface area (Å²) in [6, 6.07) is 13.8. The van der Waals surface area contributed by atoms with E-state index in [0.29, 0.717) is 12.3 Å². The third-order valence-corrected chi connectivity index (χ3v) is 6.48. The Morgan fingerprint density at radius 2 is 1.90 bits per heavy atom. The number of benzene rings is 2. The number of piperazine rings is 1. The van der Waals surface area contributed by atoms with E-state index in [9.17, 15) is 18.3 Å². The summed E-state index contributed by atoms with van der Waals surface area (Å²) in [5.74, 6) is 5.18. The maximum atomic E-state index is 12.9. The highest BCUT2D eigenvalue weighted by atomic mass is 32.2. The molecule has 0 saturated carbocycles. The van der Waals surface area contributed by atoms with Gasteiger partial charge in [0.25, 0.3) is 0 Å². The van der Waals surface area contributed by atoms with Crippen LogP contribution in [0.1, 0.15) is 12.5 Å². The Balaban J connectivity index is 1.68. The van der Waals surface area contributed by atoms with Gasteiger partial charge in [0.1, 0.15) is 18.4 Å². The van der Waals surface area contributed by atoms with Crippen LogP contribution >= 0.6 is 0 Å². The topological polar surface area (TPSA) is 95.9 Å². The van der Waals surface area contributed by atoms with Crippen LogP contribution in [0.15, 0.2) is 59.5 Å². The second-order valence-electron chi connectivity index (χ2n) is 6.57. The lowest BCUT2D eigenvalue weighted by molar-refractivity contribution is -0.143. The van der Waals surface area contributed by atoms with Gasteiger partial charge in [0.05, 0.1) is 4.90 Å². The number of carboxylic acid groups (broad SMARTS) is 1.